The molecule has 2 unspecified atom stereocenters. The second-order valence-electron chi connectivity index (χ2n) is 4.22. The molecule has 0 heterocycles. The van der Waals surface area contributed by atoms with Crippen molar-refractivity contribution in [2.45, 2.75) is 38.4 Å². The third kappa shape index (κ3) is 3.70. The Balaban J connectivity index is 2.88. The Labute approximate surface area is 101 Å². The zero-order chi connectivity index (χ0) is 12.8. The number of rotatable bonds is 6. The van der Waals surface area contributed by atoms with Gasteiger partial charge in [-0.2, -0.15) is 0 Å². The van der Waals surface area contributed by atoms with Crippen LogP contribution in [0.4, 0.5) is 0 Å². The molecule has 4 nitrogen and oxygen atoms in total. The molecule has 17 heavy (non-hydrogen) atoms. The van der Waals surface area contributed by atoms with Gasteiger partial charge >= 0.3 is 0 Å². The fourth-order valence-electron chi connectivity index (χ4n) is 1.93. The van der Waals surface area contributed by atoms with Gasteiger partial charge in [0.05, 0.1) is 19.3 Å². The van der Waals surface area contributed by atoms with Crippen molar-refractivity contribution < 1.29 is 20.4 Å². The number of phenols is 1. The first-order valence-corrected chi connectivity index (χ1v) is 5.83. The lowest BCUT2D eigenvalue weighted by molar-refractivity contribution is 0.0817. The highest BCUT2D eigenvalue weighted by Crippen LogP contribution is 2.28. The van der Waals surface area contributed by atoms with Crippen LogP contribution in [0, 0.1) is 0 Å². The molecule has 0 aliphatic heterocycles. The summed E-state index contributed by atoms with van der Waals surface area (Å²) in [5.74, 6) is 0.192. The van der Waals surface area contributed by atoms with Crippen LogP contribution in [0.1, 0.15) is 36.8 Å². The van der Waals surface area contributed by atoms with Crippen molar-refractivity contribution in [2.75, 3.05) is 6.61 Å². The van der Waals surface area contributed by atoms with Gasteiger partial charge in [-0.15, -0.1) is 0 Å². The van der Waals surface area contributed by atoms with E-state index in [2.05, 4.69) is 0 Å². The minimum atomic E-state index is -0.730. The maximum absolute atomic E-state index is 9.47. The predicted molar refractivity (Wildman–Crippen MR) is 64.8 cm³/mol. The first-order valence-electron chi connectivity index (χ1n) is 5.83. The Hall–Kier alpha value is -1.10. The average Bonchev–Trinajstić information content (AvgIpc) is 2.36. The van der Waals surface area contributed by atoms with Crippen LogP contribution in [0.3, 0.4) is 0 Å². The molecule has 0 saturated heterocycles. The van der Waals surface area contributed by atoms with Gasteiger partial charge in [0.1, 0.15) is 5.75 Å². The lowest BCUT2D eigenvalue weighted by Gasteiger charge is -2.19. The van der Waals surface area contributed by atoms with E-state index in [1.807, 2.05) is 6.92 Å². The van der Waals surface area contributed by atoms with Gasteiger partial charge in [0.25, 0.3) is 0 Å². The molecule has 2 atom stereocenters. The van der Waals surface area contributed by atoms with Gasteiger partial charge in [0.15, 0.2) is 0 Å². The summed E-state index contributed by atoms with van der Waals surface area (Å²) in [5.41, 5.74) is 1.45. The van der Waals surface area contributed by atoms with E-state index in [9.17, 15) is 10.2 Å². The third-order valence-corrected chi connectivity index (χ3v) is 3.01. The smallest absolute Gasteiger partial charge is 0.121 e. The molecule has 0 bridgehead atoms. The molecule has 1 aromatic rings. The minimum absolute atomic E-state index is 0.0776. The van der Waals surface area contributed by atoms with E-state index in [-0.39, 0.29) is 24.9 Å². The first-order chi connectivity index (χ1) is 8.12. The summed E-state index contributed by atoms with van der Waals surface area (Å²) in [6.07, 6.45) is 0.571. The molecule has 0 aromatic heterocycles. The molecule has 4 N–H and O–H groups in total. The number of aromatic hydroxyl groups is 1. The maximum atomic E-state index is 9.47. The van der Waals surface area contributed by atoms with Crippen molar-refractivity contribution in [1.82, 2.24) is 0 Å². The Morgan fingerprint density at radius 3 is 2.47 bits per heavy atom. The topological polar surface area (TPSA) is 80.9 Å². The van der Waals surface area contributed by atoms with Crippen LogP contribution < -0.4 is 0 Å². The van der Waals surface area contributed by atoms with Gasteiger partial charge in [-0.1, -0.05) is 13.0 Å². The van der Waals surface area contributed by atoms with Gasteiger partial charge in [-0.3, -0.25) is 0 Å². The first kappa shape index (κ1) is 14.0. The summed E-state index contributed by atoms with van der Waals surface area (Å²) in [4.78, 5) is 0. The molecule has 0 amide bonds. The Morgan fingerprint density at radius 1 is 1.24 bits per heavy atom. The highest BCUT2D eigenvalue weighted by molar-refractivity contribution is 5.37. The van der Waals surface area contributed by atoms with Crippen molar-refractivity contribution in [3.8, 4) is 5.75 Å². The molecule has 0 spiro atoms. The summed E-state index contributed by atoms with van der Waals surface area (Å²) >= 11 is 0. The summed E-state index contributed by atoms with van der Waals surface area (Å²) in [6.45, 7) is 1.54. The van der Waals surface area contributed by atoms with E-state index in [1.165, 1.54) is 0 Å². The third-order valence-electron chi connectivity index (χ3n) is 3.01. The van der Waals surface area contributed by atoms with Crippen molar-refractivity contribution in [3.05, 3.63) is 29.3 Å². The van der Waals surface area contributed by atoms with Crippen LogP contribution in [0.15, 0.2) is 18.2 Å². The molecule has 0 fully saturated rings. The highest BCUT2D eigenvalue weighted by Gasteiger charge is 2.15. The molecule has 0 aliphatic carbocycles. The number of benzene rings is 1. The summed E-state index contributed by atoms with van der Waals surface area (Å²) in [6, 6.07) is 5.08. The van der Waals surface area contributed by atoms with E-state index in [0.717, 1.165) is 12.0 Å². The number of aliphatic hydroxyl groups is 3. The number of hydrogen-bond acceptors (Lipinski definition) is 4. The Morgan fingerprint density at radius 2 is 1.94 bits per heavy atom. The van der Waals surface area contributed by atoms with Crippen LogP contribution in [0.5, 0.6) is 5.75 Å². The van der Waals surface area contributed by atoms with Crippen molar-refractivity contribution in [1.29, 1.82) is 0 Å². The van der Waals surface area contributed by atoms with E-state index in [4.69, 9.17) is 10.2 Å². The SMILES string of the molecule is CCC(CC(O)CO)c1ccc(O)c(CO)c1. The zero-order valence-corrected chi connectivity index (χ0v) is 10.0. The van der Waals surface area contributed by atoms with E-state index in [1.54, 1.807) is 18.2 Å². The highest BCUT2D eigenvalue weighted by atomic mass is 16.3. The Bertz CT molecular complexity index is 351. The molecule has 0 radical (unpaired) electrons. The van der Waals surface area contributed by atoms with Gasteiger partial charge in [-0.25, -0.2) is 0 Å². The van der Waals surface area contributed by atoms with Crippen molar-refractivity contribution >= 4 is 0 Å². The van der Waals surface area contributed by atoms with Gasteiger partial charge in [-0.05, 0) is 36.5 Å². The van der Waals surface area contributed by atoms with E-state index in [0.29, 0.717) is 12.0 Å². The summed E-state index contributed by atoms with van der Waals surface area (Å²) in [7, 11) is 0. The summed E-state index contributed by atoms with van der Waals surface area (Å²) < 4.78 is 0. The number of hydrogen-bond donors (Lipinski definition) is 4. The second kappa shape index (κ2) is 6.59. The quantitative estimate of drug-likeness (QED) is 0.600. The molecule has 0 aliphatic rings. The maximum Gasteiger partial charge on any atom is 0.121 e. The van der Waals surface area contributed by atoms with E-state index < -0.39 is 6.10 Å². The van der Waals surface area contributed by atoms with Gasteiger partial charge < -0.3 is 20.4 Å². The largest absolute Gasteiger partial charge is 0.508 e. The minimum Gasteiger partial charge on any atom is -0.508 e. The standard InChI is InChI=1S/C13H20O4/c1-2-9(6-12(16)8-15)10-3-4-13(17)11(5-10)7-14/h3-5,9,12,14-17H,2,6-8H2,1H3. The fourth-order valence-corrected chi connectivity index (χ4v) is 1.93. The van der Waals surface area contributed by atoms with Gasteiger partial charge in [0, 0.05) is 5.56 Å². The monoisotopic (exact) mass is 240 g/mol. The second-order valence-corrected chi connectivity index (χ2v) is 4.22. The molecule has 0 saturated carbocycles. The van der Waals surface area contributed by atoms with Crippen LogP contribution in [0.2, 0.25) is 0 Å². The van der Waals surface area contributed by atoms with Crippen molar-refractivity contribution in [2.24, 2.45) is 0 Å². The van der Waals surface area contributed by atoms with E-state index >= 15 is 0 Å². The lowest BCUT2D eigenvalue weighted by atomic mass is 9.90. The Kier molecular flexibility index (Phi) is 5.41. The molecular formula is C13H20O4. The summed E-state index contributed by atoms with van der Waals surface area (Å²) in [5, 5.41) is 36.8. The fraction of sp³-hybridized carbons (Fsp3) is 0.538. The van der Waals surface area contributed by atoms with Crippen molar-refractivity contribution in [3.63, 3.8) is 0 Å². The molecule has 4 heteroatoms. The van der Waals surface area contributed by atoms with Crippen LogP contribution in [-0.4, -0.2) is 33.1 Å². The van der Waals surface area contributed by atoms with Crippen LogP contribution in [-0.2, 0) is 6.61 Å². The zero-order valence-electron chi connectivity index (χ0n) is 10.0. The molecular weight excluding hydrogens is 220 g/mol. The lowest BCUT2D eigenvalue weighted by Crippen LogP contribution is -2.16. The number of aliphatic hydroxyl groups excluding tert-OH is 3. The molecule has 96 valence electrons. The van der Waals surface area contributed by atoms with Crippen LogP contribution in [0.25, 0.3) is 0 Å². The van der Waals surface area contributed by atoms with Crippen LogP contribution >= 0.6 is 0 Å². The molecule has 1 rings (SSSR count). The normalized spacial score (nSPS) is 14.6. The average molecular weight is 240 g/mol. The predicted octanol–water partition coefficient (Wildman–Crippen LogP) is 1.12. The van der Waals surface area contributed by atoms with Gasteiger partial charge in [0.2, 0.25) is 0 Å². The molecule has 1 aromatic carbocycles.